The molecular formula is C15H20F3N3O2. The van der Waals surface area contributed by atoms with Crippen molar-refractivity contribution in [3.05, 3.63) is 18.0 Å². The Labute approximate surface area is 132 Å². The summed E-state index contributed by atoms with van der Waals surface area (Å²) >= 11 is 0. The van der Waals surface area contributed by atoms with Gasteiger partial charge in [0.1, 0.15) is 5.69 Å². The smallest absolute Gasteiger partial charge is 0.376 e. The molecule has 5 nitrogen and oxygen atoms in total. The van der Waals surface area contributed by atoms with E-state index in [1.165, 1.54) is 0 Å². The van der Waals surface area contributed by atoms with Crippen LogP contribution in [0.5, 0.6) is 0 Å². The zero-order chi connectivity index (χ0) is 16.3. The number of alkyl halides is 3. The van der Waals surface area contributed by atoms with Gasteiger partial charge in [0.15, 0.2) is 0 Å². The average molecular weight is 331 g/mol. The standard InChI is InChI=1S/C15H20F3N3O2/c16-15(17,18)13-5-6-19-14(20-13)21(9-11-3-1-7-22-11)10-12-4-2-8-23-12/h5-6,11-12H,1-4,7-10H2/t11-,12-/m1/s1. The Balaban J connectivity index is 1.78. The van der Waals surface area contributed by atoms with Crippen molar-refractivity contribution in [1.29, 1.82) is 0 Å². The molecule has 2 aliphatic rings. The summed E-state index contributed by atoms with van der Waals surface area (Å²) in [4.78, 5) is 9.51. The second kappa shape index (κ2) is 7.00. The SMILES string of the molecule is FC(F)(F)c1ccnc(N(C[C@H]2CCCO2)C[C@H]2CCCO2)n1. The summed E-state index contributed by atoms with van der Waals surface area (Å²) in [5.74, 6) is 0.0887. The summed E-state index contributed by atoms with van der Waals surface area (Å²) in [6, 6.07) is 0.889. The molecule has 0 radical (unpaired) electrons. The molecule has 0 aliphatic carbocycles. The fraction of sp³-hybridized carbons (Fsp3) is 0.733. The third-order valence-corrected chi connectivity index (χ3v) is 4.11. The summed E-state index contributed by atoms with van der Waals surface area (Å²) in [5, 5.41) is 0. The van der Waals surface area contributed by atoms with Gasteiger partial charge in [0.2, 0.25) is 5.95 Å². The highest BCUT2D eigenvalue weighted by atomic mass is 19.4. The quantitative estimate of drug-likeness (QED) is 0.830. The number of halogens is 3. The third-order valence-electron chi connectivity index (χ3n) is 4.11. The van der Waals surface area contributed by atoms with Crippen molar-refractivity contribution in [3.8, 4) is 0 Å². The van der Waals surface area contributed by atoms with Crippen molar-refractivity contribution in [2.75, 3.05) is 31.2 Å². The summed E-state index contributed by atoms with van der Waals surface area (Å²) < 4.78 is 49.9. The number of anilines is 1. The lowest BCUT2D eigenvalue weighted by atomic mass is 10.2. The van der Waals surface area contributed by atoms with Crippen LogP contribution in [0.1, 0.15) is 31.4 Å². The Morgan fingerprint density at radius 3 is 2.17 bits per heavy atom. The second-order valence-corrected chi connectivity index (χ2v) is 5.91. The van der Waals surface area contributed by atoms with Gasteiger partial charge in [0.25, 0.3) is 0 Å². The van der Waals surface area contributed by atoms with Gasteiger partial charge in [0, 0.05) is 32.5 Å². The van der Waals surface area contributed by atoms with Gasteiger partial charge >= 0.3 is 6.18 Å². The highest BCUT2D eigenvalue weighted by molar-refractivity contribution is 5.31. The minimum Gasteiger partial charge on any atom is -0.376 e. The molecule has 0 spiro atoms. The van der Waals surface area contributed by atoms with Gasteiger partial charge in [-0.3, -0.25) is 0 Å². The minimum absolute atomic E-state index is 0.00884. The molecule has 2 atom stereocenters. The van der Waals surface area contributed by atoms with Gasteiger partial charge in [-0.25, -0.2) is 9.97 Å². The summed E-state index contributed by atoms with van der Waals surface area (Å²) in [6.07, 6.45) is 0.454. The first kappa shape index (κ1) is 16.4. The number of hydrogen-bond acceptors (Lipinski definition) is 5. The van der Waals surface area contributed by atoms with Crippen molar-refractivity contribution in [1.82, 2.24) is 9.97 Å². The molecule has 3 heterocycles. The van der Waals surface area contributed by atoms with Crippen LogP contribution in [0.25, 0.3) is 0 Å². The molecule has 128 valence electrons. The van der Waals surface area contributed by atoms with Crippen LogP contribution in [-0.2, 0) is 15.7 Å². The maximum Gasteiger partial charge on any atom is 0.433 e. The largest absolute Gasteiger partial charge is 0.433 e. The number of nitrogens with zero attached hydrogens (tertiary/aromatic N) is 3. The van der Waals surface area contributed by atoms with Gasteiger partial charge < -0.3 is 14.4 Å². The first-order chi connectivity index (χ1) is 11.0. The maximum atomic E-state index is 12.9. The van der Waals surface area contributed by atoms with Gasteiger partial charge in [-0.15, -0.1) is 0 Å². The van der Waals surface area contributed by atoms with Crippen LogP contribution in [0.2, 0.25) is 0 Å². The van der Waals surface area contributed by atoms with Gasteiger partial charge in [-0.1, -0.05) is 0 Å². The molecule has 0 amide bonds. The van der Waals surface area contributed by atoms with Crippen molar-refractivity contribution in [3.63, 3.8) is 0 Å². The Bertz CT molecular complexity index is 497. The molecule has 0 aromatic carbocycles. The molecule has 3 rings (SSSR count). The van der Waals surface area contributed by atoms with Gasteiger partial charge in [0.05, 0.1) is 12.2 Å². The topological polar surface area (TPSA) is 47.5 Å². The molecule has 8 heteroatoms. The van der Waals surface area contributed by atoms with Crippen molar-refractivity contribution < 1.29 is 22.6 Å². The molecule has 2 saturated heterocycles. The molecule has 2 fully saturated rings. The molecule has 0 bridgehead atoms. The van der Waals surface area contributed by atoms with E-state index in [1.807, 2.05) is 0 Å². The molecule has 23 heavy (non-hydrogen) atoms. The maximum absolute atomic E-state index is 12.9. The lowest BCUT2D eigenvalue weighted by molar-refractivity contribution is -0.141. The fourth-order valence-electron chi connectivity index (χ4n) is 2.96. The van der Waals surface area contributed by atoms with Crippen LogP contribution < -0.4 is 4.90 Å². The summed E-state index contributed by atoms with van der Waals surface area (Å²) in [6.45, 7) is 2.37. The zero-order valence-electron chi connectivity index (χ0n) is 12.8. The molecular weight excluding hydrogens is 311 g/mol. The second-order valence-electron chi connectivity index (χ2n) is 5.91. The van der Waals surface area contributed by atoms with Crippen LogP contribution in [-0.4, -0.2) is 48.5 Å². The van der Waals surface area contributed by atoms with Crippen LogP contribution in [0.15, 0.2) is 12.3 Å². The van der Waals surface area contributed by atoms with Gasteiger partial charge in [-0.2, -0.15) is 13.2 Å². The van der Waals surface area contributed by atoms with Crippen LogP contribution >= 0.6 is 0 Å². The lowest BCUT2D eigenvalue weighted by Crippen LogP contribution is -2.39. The number of rotatable bonds is 5. The molecule has 0 unspecified atom stereocenters. The molecule has 0 saturated carbocycles. The van der Waals surface area contributed by atoms with Gasteiger partial charge in [-0.05, 0) is 31.7 Å². The van der Waals surface area contributed by atoms with E-state index in [0.717, 1.165) is 37.9 Å². The van der Waals surface area contributed by atoms with Crippen LogP contribution in [0.4, 0.5) is 19.1 Å². The number of ether oxygens (including phenoxy) is 2. The molecule has 1 aromatic heterocycles. The monoisotopic (exact) mass is 331 g/mol. The Morgan fingerprint density at radius 2 is 1.70 bits per heavy atom. The highest BCUT2D eigenvalue weighted by Gasteiger charge is 2.34. The molecule has 2 aliphatic heterocycles. The Kier molecular flexibility index (Phi) is 5.01. The Morgan fingerprint density at radius 1 is 1.09 bits per heavy atom. The van der Waals surface area contributed by atoms with E-state index in [0.29, 0.717) is 26.3 Å². The minimum atomic E-state index is -4.48. The van der Waals surface area contributed by atoms with Crippen molar-refractivity contribution in [2.24, 2.45) is 0 Å². The third kappa shape index (κ3) is 4.32. The lowest BCUT2D eigenvalue weighted by Gasteiger charge is -2.28. The Hall–Kier alpha value is -1.41. The van der Waals surface area contributed by atoms with Crippen LogP contribution in [0.3, 0.4) is 0 Å². The molecule has 0 N–H and O–H groups in total. The first-order valence-electron chi connectivity index (χ1n) is 7.91. The van der Waals surface area contributed by atoms with E-state index in [-0.39, 0.29) is 18.2 Å². The normalized spacial score (nSPS) is 25.0. The summed E-state index contributed by atoms with van der Waals surface area (Å²) in [7, 11) is 0. The fourth-order valence-corrected chi connectivity index (χ4v) is 2.96. The van der Waals surface area contributed by atoms with Crippen molar-refractivity contribution >= 4 is 5.95 Å². The highest BCUT2D eigenvalue weighted by Crippen LogP contribution is 2.28. The first-order valence-corrected chi connectivity index (χ1v) is 7.91. The summed E-state index contributed by atoms with van der Waals surface area (Å²) in [5.41, 5.74) is -0.924. The van der Waals surface area contributed by atoms with E-state index < -0.39 is 11.9 Å². The van der Waals surface area contributed by atoms with Crippen LogP contribution in [0, 0.1) is 0 Å². The predicted octanol–water partition coefficient (Wildman–Crippen LogP) is 2.66. The number of hydrogen-bond donors (Lipinski definition) is 0. The predicted molar refractivity (Wildman–Crippen MR) is 77.2 cm³/mol. The van der Waals surface area contributed by atoms with E-state index in [2.05, 4.69) is 9.97 Å². The van der Waals surface area contributed by atoms with E-state index in [1.54, 1.807) is 4.90 Å². The van der Waals surface area contributed by atoms with E-state index in [4.69, 9.17) is 9.47 Å². The van der Waals surface area contributed by atoms with E-state index >= 15 is 0 Å². The zero-order valence-corrected chi connectivity index (χ0v) is 12.8. The van der Waals surface area contributed by atoms with Crippen molar-refractivity contribution in [2.45, 2.75) is 44.1 Å². The molecule has 1 aromatic rings. The number of aromatic nitrogens is 2. The average Bonchev–Trinajstić information content (AvgIpc) is 3.19. The van der Waals surface area contributed by atoms with E-state index in [9.17, 15) is 13.2 Å².